The largest absolute Gasteiger partial charge is 0.386 e. The van der Waals surface area contributed by atoms with Crippen LogP contribution in [0.1, 0.15) is 30.7 Å². The summed E-state index contributed by atoms with van der Waals surface area (Å²) in [7, 11) is 0. The van der Waals surface area contributed by atoms with Crippen molar-refractivity contribution < 1.29 is 5.11 Å². The lowest BCUT2D eigenvalue weighted by molar-refractivity contribution is 0.190. The summed E-state index contributed by atoms with van der Waals surface area (Å²) in [6.07, 6.45) is 0.233. The van der Waals surface area contributed by atoms with E-state index < -0.39 is 6.10 Å². The summed E-state index contributed by atoms with van der Waals surface area (Å²) < 4.78 is 5.06. The highest BCUT2D eigenvalue weighted by Gasteiger charge is 2.22. The van der Waals surface area contributed by atoms with Gasteiger partial charge in [-0.25, -0.2) is 4.98 Å². The molecule has 2 aromatic heterocycles. The van der Waals surface area contributed by atoms with E-state index in [9.17, 15) is 5.11 Å². The molecular weight excluding hydrogens is 404 g/mol. The average molecular weight is 429 g/mol. The van der Waals surface area contributed by atoms with Crippen LogP contribution in [0.5, 0.6) is 0 Å². The molecule has 0 bridgehead atoms. The molecule has 3 rings (SSSR count). The predicted molar refractivity (Wildman–Crippen MR) is 113 cm³/mol. The number of rotatable bonds is 6. The molecule has 2 N–H and O–H groups in total. The van der Waals surface area contributed by atoms with Crippen molar-refractivity contribution in [3.63, 3.8) is 0 Å². The van der Waals surface area contributed by atoms with Crippen LogP contribution in [-0.2, 0) is 6.42 Å². The maximum Gasteiger partial charge on any atom is 0.205 e. The van der Waals surface area contributed by atoms with Crippen LogP contribution >= 0.6 is 34.5 Å². The van der Waals surface area contributed by atoms with Gasteiger partial charge in [-0.05, 0) is 19.1 Å². The van der Waals surface area contributed by atoms with Crippen LogP contribution < -0.4 is 10.2 Å². The molecule has 0 saturated carbocycles. The Labute approximate surface area is 172 Å². The smallest absolute Gasteiger partial charge is 0.205 e. The van der Waals surface area contributed by atoms with Gasteiger partial charge in [-0.2, -0.15) is 4.37 Å². The molecule has 0 aromatic carbocycles. The number of anilines is 1. The van der Waals surface area contributed by atoms with Gasteiger partial charge in [0.1, 0.15) is 11.9 Å². The summed E-state index contributed by atoms with van der Waals surface area (Å²) in [5, 5.41) is 14.7. The molecule has 1 aliphatic heterocycles. The van der Waals surface area contributed by atoms with Crippen LogP contribution in [0.3, 0.4) is 0 Å². The van der Waals surface area contributed by atoms with Crippen molar-refractivity contribution in [2.45, 2.75) is 26.4 Å². The van der Waals surface area contributed by atoms with Gasteiger partial charge in [-0.3, -0.25) is 4.99 Å². The normalized spacial score (nSPS) is 16.7. The first-order valence-corrected chi connectivity index (χ1v) is 11.1. The molecule has 10 heteroatoms. The highest BCUT2D eigenvalue weighted by atomic mass is 35.5. The summed E-state index contributed by atoms with van der Waals surface area (Å²) >= 11 is 8.82. The molecular formula is C17H25ClN6OS2. The first-order valence-electron chi connectivity index (χ1n) is 9.14. The number of halogens is 1. The van der Waals surface area contributed by atoms with Gasteiger partial charge < -0.3 is 20.2 Å². The number of guanidine groups is 1. The summed E-state index contributed by atoms with van der Waals surface area (Å²) in [5.74, 6) is 1.75. The zero-order valence-corrected chi connectivity index (χ0v) is 17.9. The number of hydrogen-bond donors (Lipinski definition) is 2. The van der Waals surface area contributed by atoms with Crippen LogP contribution in [0.15, 0.2) is 17.1 Å². The maximum absolute atomic E-state index is 10.3. The van der Waals surface area contributed by atoms with E-state index in [1.807, 2.05) is 6.07 Å². The fraction of sp³-hybridized carbons (Fsp3) is 0.588. The fourth-order valence-electron chi connectivity index (χ4n) is 2.82. The van der Waals surface area contributed by atoms with Gasteiger partial charge in [0.15, 0.2) is 5.96 Å². The third-order valence-electron chi connectivity index (χ3n) is 4.29. The predicted octanol–water partition coefficient (Wildman–Crippen LogP) is 2.64. The third-order valence-corrected chi connectivity index (χ3v) is 6.44. The van der Waals surface area contributed by atoms with Gasteiger partial charge in [-0.1, -0.05) is 18.5 Å². The molecule has 7 nitrogen and oxygen atoms in total. The van der Waals surface area contributed by atoms with E-state index in [1.54, 1.807) is 6.07 Å². The van der Waals surface area contributed by atoms with E-state index in [0.717, 1.165) is 60.9 Å². The van der Waals surface area contributed by atoms with E-state index in [2.05, 4.69) is 43.3 Å². The molecule has 0 spiro atoms. The summed E-state index contributed by atoms with van der Waals surface area (Å²) in [6.45, 7) is 8.70. The number of aliphatic hydroxyl groups is 1. The first-order chi connectivity index (χ1) is 13.1. The molecule has 0 aliphatic carbocycles. The molecule has 1 atom stereocenters. The molecule has 0 radical (unpaired) electrons. The number of hydrogen-bond acceptors (Lipinski definition) is 7. The second-order valence-corrected chi connectivity index (χ2v) is 8.65. The second kappa shape index (κ2) is 9.68. The van der Waals surface area contributed by atoms with Crippen LogP contribution in [0.25, 0.3) is 0 Å². The van der Waals surface area contributed by atoms with Gasteiger partial charge in [0, 0.05) is 55.6 Å². The fourth-order valence-corrected chi connectivity index (χ4v) is 4.66. The average Bonchev–Trinajstić information content (AvgIpc) is 3.34. The van der Waals surface area contributed by atoms with Crippen molar-refractivity contribution in [2.75, 3.05) is 44.2 Å². The van der Waals surface area contributed by atoms with E-state index in [0.29, 0.717) is 10.9 Å². The highest BCUT2D eigenvalue weighted by Crippen LogP contribution is 2.27. The molecule has 148 valence electrons. The summed E-state index contributed by atoms with van der Waals surface area (Å²) in [6, 6.07) is 3.65. The Morgan fingerprint density at radius 3 is 2.70 bits per heavy atom. The molecule has 1 aliphatic rings. The molecule has 3 heterocycles. The van der Waals surface area contributed by atoms with Gasteiger partial charge in [0.2, 0.25) is 5.13 Å². The molecule has 1 saturated heterocycles. The molecule has 27 heavy (non-hydrogen) atoms. The lowest BCUT2D eigenvalue weighted by atomic mass is 10.3. The van der Waals surface area contributed by atoms with Crippen LogP contribution in [0, 0.1) is 0 Å². The zero-order valence-electron chi connectivity index (χ0n) is 15.6. The highest BCUT2D eigenvalue weighted by molar-refractivity contribution is 7.16. The Balaban J connectivity index is 1.58. The number of piperazine rings is 1. The van der Waals surface area contributed by atoms with Crippen LogP contribution in [0.4, 0.5) is 5.13 Å². The Morgan fingerprint density at radius 1 is 1.33 bits per heavy atom. The van der Waals surface area contributed by atoms with Crippen molar-refractivity contribution in [3.8, 4) is 0 Å². The van der Waals surface area contributed by atoms with E-state index in [1.165, 1.54) is 22.9 Å². The Hall–Kier alpha value is -1.42. The number of aliphatic hydroxyl groups excluding tert-OH is 1. The minimum absolute atomic E-state index is 0.315. The first kappa shape index (κ1) is 20.3. The Kier molecular flexibility index (Phi) is 7.28. The molecule has 1 fully saturated rings. The quantitative estimate of drug-likeness (QED) is 0.544. The third kappa shape index (κ3) is 5.31. The Morgan fingerprint density at radius 2 is 2.11 bits per heavy atom. The molecule has 2 aromatic rings. The van der Waals surface area contributed by atoms with Crippen molar-refractivity contribution in [2.24, 2.45) is 4.99 Å². The second-order valence-electron chi connectivity index (χ2n) is 6.17. The van der Waals surface area contributed by atoms with Crippen LogP contribution in [-0.4, -0.2) is 64.6 Å². The van der Waals surface area contributed by atoms with E-state index >= 15 is 0 Å². The number of nitrogens with one attached hydrogen (secondary N) is 1. The lowest BCUT2D eigenvalue weighted by Gasteiger charge is -2.36. The van der Waals surface area contributed by atoms with Gasteiger partial charge >= 0.3 is 0 Å². The molecule has 0 amide bonds. The number of aliphatic imine (C=N–C) groups is 1. The van der Waals surface area contributed by atoms with Gasteiger partial charge in [-0.15, -0.1) is 11.3 Å². The zero-order chi connectivity index (χ0) is 19.2. The minimum atomic E-state index is -0.633. The standard InChI is InChI=1S/C17H25ClN6OS2/c1-3-15-21-17(27-22-15)24-9-7-23(8-10-24)16(19-4-2)20-11-12(25)13-5-6-14(18)26-13/h5-6,12,25H,3-4,7-11H2,1-2H3,(H,19,20). The monoisotopic (exact) mass is 428 g/mol. The van der Waals surface area contributed by atoms with E-state index in [4.69, 9.17) is 11.6 Å². The number of nitrogens with zero attached hydrogens (tertiary/aromatic N) is 5. The topological polar surface area (TPSA) is 76.9 Å². The maximum atomic E-state index is 10.3. The number of aryl methyl sites for hydroxylation is 1. The number of thiophene rings is 1. The lowest BCUT2D eigenvalue weighted by Crippen LogP contribution is -2.52. The van der Waals surface area contributed by atoms with Crippen LogP contribution in [0.2, 0.25) is 4.34 Å². The molecule has 1 unspecified atom stereocenters. The number of aromatic nitrogens is 2. The van der Waals surface area contributed by atoms with Crippen molar-refractivity contribution in [1.29, 1.82) is 0 Å². The summed E-state index contributed by atoms with van der Waals surface area (Å²) in [5.41, 5.74) is 0. The van der Waals surface area contributed by atoms with E-state index in [-0.39, 0.29) is 0 Å². The minimum Gasteiger partial charge on any atom is -0.386 e. The summed E-state index contributed by atoms with van der Waals surface area (Å²) in [4.78, 5) is 14.6. The van der Waals surface area contributed by atoms with Gasteiger partial charge in [0.05, 0.1) is 10.9 Å². The van der Waals surface area contributed by atoms with Gasteiger partial charge in [0.25, 0.3) is 0 Å². The Bertz CT molecular complexity index is 756. The van der Waals surface area contributed by atoms with Crippen molar-refractivity contribution in [3.05, 3.63) is 27.2 Å². The van der Waals surface area contributed by atoms with Crippen molar-refractivity contribution >= 4 is 45.6 Å². The van der Waals surface area contributed by atoms with Crippen molar-refractivity contribution in [1.82, 2.24) is 19.6 Å². The SMILES string of the molecule is CCNC(=NCC(O)c1ccc(Cl)s1)N1CCN(c2nc(CC)ns2)CC1.